The molecule has 0 radical (unpaired) electrons. The molecule has 0 aromatic heterocycles. The smallest absolute Gasteiger partial charge is 0.0598 e. The minimum atomic E-state index is 0.289. The number of nitrogens with zero attached hydrogens (tertiary/aromatic N) is 1. The van der Waals surface area contributed by atoms with E-state index in [1.165, 1.54) is 0 Å². The van der Waals surface area contributed by atoms with E-state index in [0.717, 1.165) is 38.9 Å². The molecule has 2 N–H and O–H groups in total. The van der Waals surface area contributed by atoms with Crippen LogP contribution in [0.5, 0.6) is 0 Å². The molecule has 2 heteroatoms. The SMILES string of the molecule is C#CCN(CCC)CCC(N)CC(C)(C)C. The summed E-state index contributed by atoms with van der Waals surface area (Å²) in [6.07, 6.45) is 8.61. The lowest BCUT2D eigenvalue weighted by Gasteiger charge is -2.25. The zero-order chi connectivity index (χ0) is 12.6. The molecule has 0 aromatic rings. The first-order valence-electron chi connectivity index (χ1n) is 6.30. The first-order chi connectivity index (χ1) is 7.39. The summed E-state index contributed by atoms with van der Waals surface area (Å²) in [4.78, 5) is 2.31. The first kappa shape index (κ1) is 15.5. The Morgan fingerprint density at radius 2 is 1.94 bits per heavy atom. The highest BCUT2D eigenvalue weighted by Gasteiger charge is 2.16. The maximum atomic E-state index is 6.12. The molecule has 1 atom stereocenters. The summed E-state index contributed by atoms with van der Waals surface area (Å²) >= 11 is 0. The lowest BCUT2D eigenvalue weighted by atomic mass is 9.87. The molecule has 0 rings (SSSR count). The second-order valence-electron chi connectivity index (χ2n) is 5.79. The van der Waals surface area contributed by atoms with Crippen LogP contribution in [0.25, 0.3) is 0 Å². The Morgan fingerprint density at radius 3 is 2.38 bits per heavy atom. The van der Waals surface area contributed by atoms with E-state index in [0.29, 0.717) is 5.41 Å². The Kier molecular flexibility index (Phi) is 7.45. The Balaban J connectivity index is 3.87. The molecule has 0 saturated heterocycles. The molecule has 2 nitrogen and oxygen atoms in total. The van der Waals surface area contributed by atoms with Crippen LogP contribution in [0, 0.1) is 17.8 Å². The molecular weight excluding hydrogens is 196 g/mol. The van der Waals surface area contributed by atoms with Crippen LogP contribution < -0.4 is 5.73 Å². The quantitative estimate of drug-likeness (QED) is 0.673. The first-order valence-corrected chi connectivity index (χ1v) is 6.30. The fourth-order valence-electron chi connectivity index (χ4n) is 1.95. The van der Waals surface area contributed by atoms with Gasteiger partial charge in [0, 0.05) is 12.6 Å². The van der Waals surface area contributed by atoms with E-state index in [2.05, 4.69) is 38.5 Å². The van der Waals surface area contributed by atoms with Crippen molar-refractivity contribution in [2.24, 2.45) is 11.1 Å². The van der Waals surface area contributed by atoms with Gasteiger partial charge in [0.2, 0.25) is 0 Å². The van der Waals surface area contributed by atoms with Gasteiger partial charge in [-0.25, -0.2) is 0 Å². The van der Waals surface area contributed by atoms with Crippen LogP contribution in [0.15, 0.2) is 0 Å². The number of rotatable bonds is 7. The molecule has 0 bridgehead atoms. The second-order valence-corrected chi connectivity index (χ2v) is 5.79. The second kappa shape index (κ2) is 7.70. The Morgan fingerprint density at radius 1 is 1.31 bits per heavy atom. The van der Waals surface area contributed by atoms with Crippen LogP contribution in [-0.2, 0) is 0 Å². The molecule has 1 unspecified atom stereocenters. The van der Waals surface area contributed by atoms with Crippen LogP contribution in [-0.4, -0.2) is 30.6 Å². The van der Waals surface area contributed by atoms with Gasteiger partial charge in [-0.05, 0) is 31.2 Å². The van der Waals surface area contributed by atoms with E-state index in [1.54, 1.807) is 0 Å². The summed E-state index contributed by atoms with van der Waals surface area (Å²) < 4.78 is 0. The Labute approximate surface area is 102 Å². The van der Waals surface area contributed by atoms with Gasteiger partial charge < -0.3 is 5.73 Å². The van der Waals surface area contributed by atoms with Crippen LogP contribution in [0.4, 0.5) is 0 Å². The van der Waals surface area contributed by atoms with E-state index in [4.69, 9.17) is 12.2 Å². The number of hydrogen-bond donors (Lipinski definition) is 1. The summed E-state index contributed by atoms with van der Waals surface area (Å²) in [6, 6.07) is 0.289. The van der Waals surface area contributed by atoms with Crippen molar-refractivity contribution in [1.82, 2.24) is 4.90 Å². The minimum Gasteiger partial charge on any atom is -0.328 e. The fourth-order valence-corrected chi connectivity index (χ4v) is 1.95. The number of hydrogen-bond acceptors (Lipinski definition) is 2. The van der Waals surface area contributed by atoms with Gasteiger partial charge in [-0.15, -0.1) is 6.42 Å². The highest BCUT2D eigenvalue weighted by Crippen LogP contribution is 2.21. The topological polar surface area (TPSA) is 29.3 Å². The maximum absolute atomic E-state index is 6.12. The van der Waals surface area contributed by atoms with Crippen molar-refractivity contribution in [3.63, 3.8) is 0 Å². The monoisotopic (exact) mass is 224 g/mol. The summed E-state index contributed by atoms with van der Waals surface area (Å²) in [5, 5.41) is 0. The number of terminal acetylenes is 1. The third-order valence-electron chi connectivity index (χ3n) is 2.55. The molecule has 0 aliphatic carbocycles. The van der Waals surface area contributed by atoms with Crippen LogP contribution >= 0.6 is 0 Å². The summed E-state index contributed by atoms with van der Waals surface area (Å²) in [7, 11) is 0. The molecule has 94 valence electrons. The van der Waals surface area contributed by atoms with Gasteiger partial charge in [-0.2, -0.15) is 0 Å². The molecule has 0 fully saturated rings. The van der Waals surface area contributed by atoms with Gasteiger partial charge in [0.05, 0.1) is 6.54 Å². The predicted molar refractivity (Wildman–Crippen MR) is 72.2 cm³/mol. The van der Waals surface area contributed by atoms with E-state index in [-0.39, 0.29) is 6.04 Å². The zero-order valence-electron chi connectivity index (χ0n) is 11.4. The largest absolute Gasteiger partial charge is 0.328 e. The van der Waals surface area contributed by atoms with Gasteiger partial charge in [-0.3, -0.25) is 4.90 Å². The highest BCUT2D eigenvalue weighted by molar-refractivity contribution is 4.88. The van der Waals surface area contributed by atoms with Gasteiger partial charge in [-0.1, -0.05) is 33.6 Å². The average molecular weight is 224 g/mol. The zero-order valence-corrected chi connectivity index (χ0v) is 11.4. The molecule has 0 heterocycles. The van der Waals surface area contributed by atoms with Crippen LogP contribution in [0.3, 0.4) is 0 Å². The minimum absolute atomic E-state index is 0.289. The van der Waals surface area contributed by atoms with Crippen molar-refractivity contribution >= 4 is 0 Å². The maximum Gasteiger partial charge on any atom is 0.0598 e. The molecule has 0 saturated carbocycles. The predicted octanol–water partition coefficient (Wildman–Crippen LogP) is 2.49. The Bertz CT molecular complexity index is 210. The Hall–Kier alpha value is -0.520. The molecule has 16 heavy (non-hydrogen) atoms. The van der Waals surface area contributed by atoms with Crippen molar-refractivity contribution in [2.45, 2.75) is 53.0 Å². The summed E-state index contributed by atoms with van der Waals surface area (Å²) in [6.45, 7) is 11.7. The van der Waals surface area contributed by atoms with Gasteiger partial charge in [0.25, 0.3) is 0 Å². The number of nitrogens with two attached hydrogens (primary N) is 1. The van der Waals surface area contributed by atoms with Gasteiger partial charge >= 0.3 is 0 Å². The van der Waals surface area contributed by atoms with Crippen molar-refractivity contribution < 1.29 is 0 Å². The third kappa shape index (κ3) is 8.76. The van der Waals surface area contributed by atoms with Crippen molar-refractivity contribution in [3.05, 3.63) is 0 Å². The third-order valence-corrected chi connectivity index (χ3v) is 2.55. The van der Waals surface area contributed by atoms with E-state index in [9.17, 15) is 0 Å². The summed E-state index contributed by atoms with van der Waals surface area (Å²) in [5.74, 6) is 2.71. The van der Waals surface area contributed by atoms with Crippen LogP contribution in [0.1, 0.15) is 47.0 Å². The van der Waals surface area contributed by atoms with E-state index < -0.39 is 0 Å². The summed E-state index contributed by atoms with van der Waals surface area (Å²) in [5.41, 5.74) is 6.44. The molecule has 0 spiro atoms. The normalized spacial score (nSPS) is 13.8. The molecule has 0 aromatic carbocycles. The van der Waals surface area contributed by atoms with E-state index >= 15 is 0 Å². The lowest BCUT2D eigenvalue weighted by Crippen LogP contribution is -2.33. The molecular formula is C14H28N2. The highest BCUT2D eigenvalue weighted by atomic mass is 15.1. The molecule has 0 aliphatic heterocycles. The lowest BCUT2D eigenvalue weighted by molar-refractivity contribution is 0.268. The average Bonchev–Trinajstić information content (AvgIpc) is 2.12. The van der Waals surface area contributed by atoms with Crippen LogP contribution in [0.2, 0.25) is 0 Å². The van der Waals surface area contributed by atoms with Crippen molar-refractivity contribution in [2.75, 3.05) is 19.6 Å². The van der Waals surface area contributed by atoms with E-state index in [1.807, 2.05) is 0 Å². The standard InChI is InChI=1S/C14H28N2/c1-6-9-16(10-7-2)11-8-13(15)12-14(3,4)5/h1,13H,7-12,15H2,2-5H3. The molecule has 0 aliphatic rings. The van der Waals surface area contributed by atoms with Crippen molar-refractivity contribution in [3.8, 4) is 12.3 Å². The van der Waals surface area contributed by atoms with Gasteiger partial charge in [0.1, 0.15) is 0 Å². The van der Waals surface area contributed by atoms with Crippen molar-refractivity contribution in [1.29, 1.82) is 0 Å². The fraction of sp³-hybridized carbons (Fsp3) is 0.857. The molecule has 0 amide bonds. The van der Waals surface area contributed by atoms with Gasteiger partial charge in [0.15, 0.2) is 0 Å².